The molecule has 19 heavy (non-hydrogen) atoms. The highest BCUT2D eigenvalue weighted by molar-refractivity contribution is 5.78. The summed E-state index contributed by atoms with van der Waals surface area (Å²) in [6, 6.07) is 2.57. The zero-order valence-electron chi connectivity index (χ0n) is 11.9. The molecule has 3 heterocycles. The van der Waals surface area contributed by atoms with Gasteiger partial charge in [-0.25, -0.2) is 9.67 Å². The molecule has 1 fully saturated rings. The molecular weight excluding hydrogens is 238 g/mol. The Bertz CT molecular complexity index is 582. The Morgan fingerprint density at radius 3 is 2.74 bits per heavy atom. The van der Waals surface area contributed by atoms with Gasteiger partial charge in [0.25, 0.3) is 0 Å². The predicted octanol–water partition coefficient (Wildman–Crippen LogP) is 3.21. The minimum absolute atomic E-state index is 0.342. The van der Waals surface area contributed by atoms with Gasteiger partial charge >= 0.3 is 0 Å². The van der Waals surface area contributed by atoms with E-state index in [0.717, 1.165) is 31.7 Å². The highest BCUT2D eigenvalue weighted by atomic mass is 16.5. The molecule has 0 spiro atoms. The van der Waals surface area contributed by atoms with Crippen LogP contribution < -0.4 is 0 Å². The second-order valence-corrected chi connectivity index (χ2v) is 5.67. The quantitative estimate of drug-likeness (QED) is 0.831. The number of nitrogens with zero attached hydrogens (tertiary/aromatic N) is 3. The molecule has 0 aliphatic carbocycles. The molecule has 1 aliphatic rings. The van der Waals surface area contributed by atoms with Crippen LogP contribution in [-0.2, 0) is 4.74 Å². The number of fused-ring (bicyclic) bond motifs is 1. The summed E-state index contributed by atoms with van der Waals surface area (Å²) in [5, 5.41) is 5.64. The van der Waals surface area contributed by atoms with Gasteiger partial charge in [-0.1, -0.05) is 0 Å². The summed E-state index contributed by atoms with van der Waals surface area (Å²) in [6.45, 7) is 8.15. The van der Waals surface area contributed by atoms with Gasteiger partial charge in [-0.3, -0.25) is 0 Å². The van der Waals surface area contributed by atoms with Crippen molar-refractivity contribution in [1.29, 1.82) is 0 Å². The van der Waals surface area contributed by atoms with Crippen molar-refractivity contribution >= 4 is 11.0 Å². The zero-order chi connectivity index (χ0) is 13.4. The Balaban J connectivity index is 2.08. The standard InChI is InChI=1S/C15H21N3O/c1-10(2)18-15-13(9-16-18)11(3)8-14(17-15)12-4-6-19-7-5-12/h8-10,12H,4-7H2,1-3H3. The SMILES string of the molecule is Cc1cc(C2CCOCC2)nc2c1cnn2C(C)C. The first-order valence-corrected chi connectivity index (χ1v) is 7.09. The van der Waals surface area contributed by atoms with Gasteiger partial charge in [-0.05, 0) is 45.2 Å². The van der Waals surface area contributed by atoms with E-state index in [9.17, 15) is 0 Å². The Hall–Kier alpha value is -1.42. The van der Waals surface area contributed by atoms with Crippen LogP contribution in [0.3, 0.4) is 0 Å². The van der Waals surface area contributed by atoms with Gasteiger partial charge in [-0.2, -0.15) is 5.10 Å². The van der Waals surface area contributed by atoms with Crippen LogP contribution in [0.15, 0.2) is 12.3 Å². The number of rotatable bonds is 2. The van der Waals surface area contributed by atoms with Crippen molar-refractivity contribution in [1.82, 2.24) is 14.8 Å². The molecule has 0 bridgehead atoms. The van der Waals surface area contributed by atoms with E-state index in [1.807, 2.05) is 10.9 Å². The monoisotopic (exact) mass is 259 g/mol. The molecule has 2 aromatic heterocycles. The van der Waals surface area contributed by atoms with Crippen molar-refractivity contribution < 1.29 is 4.74 Å². The highest BCUT2D eigenvalue weighted by Gasteiger charge is 2.19. The minimum Gasteiger partial charge on any atom is -0.381 e. The molecule has 0 N–H and O–H groups in total. The van der Waals surface area contributed by atoms with E-state index in [-0.39, 0.29) is 0 Å². The van der Waals surface area contributed by atoms with Gasteiger partial charge in [0.2, 0.25) is 0 Å². The number of hydrogen-bond donors (Lipinski definition) is 0. The van der Waals surface area contributed by atoms with Gasteiger partial charge in [0.05, 0.1) is 6.20 Å². The fourth-order valence-corrected chi connectivity index (χ4v) is 2.78. The number of ether oxygens (including phenoxy) is 1. The fraction of sp³-hybridized carbons (Fsp3) is 0.600. The Morgan fingerprint density at radius 2 is 2.05 bits per heavy atom. The molecule has 0 amide bonds. The van der Waals surface area contributed by atoms with E-state index in [0.29, 0.717) is 12.0 Å². The molecule has 0 radical (unpaired) electrons. The normalized spacial score (nSPS) is 17.5. The third-order valence-corrected chi connectivity index (χ3v) is 3.92. The first-order chi connectivity index (χ1) is 9.16. The summed E-state index contributed by atoms with van der Waals surface area (Å²) in [6.07, 6.45) is 4.09. The minimum atomic E-state index is 0.342. The fourth-order valence-electron chi connectivity index (χ4n) is 2.78. The zero-order valence-corrected chi connectivity index (χ0v) is 11.9. The van der Waals surface area contributed by atoms with E-state index >= 15 is 0 Å². The molecule has 4 nitrogen and oxygen atoms in total. The van der Waals surface area contributed by atoms with Gasteiger partial charge in [0.15, 0.2) is 5.65 Å². The van der Waals surface area contributed by atoms with Crippen LogP contribution in [0.2, 0.25) is 0 Å². The van der Waals surface area contributed by atoms with Crippen molar-refractivity contribution in [3.63, 3.8) is 0 Å². The van der Waals surface area contributed by atoms with Crippen LogP contribution in [-0.4, -0.2) is 28.0 Å². The molecule has 1 saturated heterocycles. The average molecular weight is 259 g/mol. The molecule has 0 saturated carbocycles. The lowest BCUT2D eigenvalue weighted by Gasteiger charge is -2.22. The van der Waals surface area contributed by atoms with Crippen LogP contribution in [0.25, 0.3) is 11.0 Å². The van der Waals surface area contributed by atoms with E-state index < -0.39 is 0 Å². The Kier molecular flexibility index (Phi) is 3.27. The maximum Gasteiger partial charge on any atom is 0.158 e. The molecule has 2 aromatic rings. The Morgan fingerprint density at radius 1 is 1.32 bits per heavy atom. The second-order valence-electron chi connectivity index (χ2n) is 5.67. The maximum atomic E-state index is 5.44. The summed E-state index contributed by atoms with van der Waals surface area (Å²) in [5.41, 5.74) is 3.51. The lowest BCUT2D eigenvalue weighted by atomic mass is 9.95. The predicted molar refractivity (Wildman–Crippen MR) is 75.4 cm³/mol. The van der Waals surface area contributed by atoms with E-state index in [1.165, 1.54) is 16.6 Å². The van der Waals surface area contributed by atoms with Gasteiger partial charge in [0.1, 0.15) is 0 Å². The first kappa shape index (κ1) is 12.6. The lowest BCUT2D eigenvalue weighted by molar-refractivity contribution is 0.0845. The maximum absolute atomic E-state index is 5.44. The highest BCUT2D eigenvalue weighted by Crippen LogP contribution is 2.29. The molecule has 1 aliphatic heterocycles. The van der Waals surface area contributed by atoms with Crippen LogP contribution >= 0.6 is 0 Å². The Labute approximate surface area is 113 Å². The number of aryl methyl sites for hydroxylation is 1. The van der Waals surface area contributed by atoms with Crippen molar-refractivity contribution in [2.24, 2.45) is 0 Å². The third kappa shape index (κ3) is 2.25. The van der Waals surface area contributed by atoms with Gasteiger partial charge < -0.3 is 4.74 Å². The smallest absolute Gasteiger partial charge is 0.158 e. The summed E-state index contributed by atoms with van der Waals surface area (Å²) in [4.78, 5) is 4.89. The topological polar surface area (TPSA) is 39.9 Å². The van der Waals surface area contributed by atoms with Crippen molar-refractivity contribution in [3.05, 3.63) is 23.5 Å². The molecule has 102 valence electrons. The summed E-state index contributed by atoms with van der Waals surface area (Å²) >= 11 is 0. The van der Waals surface area contributed by atoms with Crippen molar-refractivity contribution in [2.45, 2.75) is 45.6 Å². The van der Waals surface area contributed by atoms with Crippen LogP contribution in [0, 0.1) is 6.92 Å². The van der Waals surface area contributed by atoms with E-state index in [1.54, 1.807) is 0 Å². The summed E-state index contributed by atoms with van der Waals surface area (Å²) < 4.78 is 7.46. The molecular formula is C15H21N3O. The molecule has 4 heteroatoms. The summed E-state index contributed by atoms with van der Waals surface area (Å²) in [5.74, 6) is 0.535. The van der Waals surface area contributed by atoms with Crippen LogP contribution in [0.4, 0.5) is 0 Å². The first-order valence-electron chi connectivity index (χ1n) is 7.09. The van der Waals surface area contributed by atoms with Crippen LogP contribution in [0.5, 0.6) is 0 Å². The van der Waals surface area contributed by atoms with Crippen molar-refractivity contribution in [3.8, 4) is 0 Å². The molecule has 3 rings (SSSR count). The van der Waals surface area contributed by atoms with Crippen LogP contribution in [0.1, 0.15) is 49.9 Å². The van der Waals surface area contributed by atoms with E-state index in [4.69, 9.17) is 9.72 Å². The lowest BCUT2D eigenvalue weighted by Crippen LogP contribution is -2.15. The number of hydrogen-bond acceptors (Lipinski definition) is 3. The largest absolute Gasteiger partial charge is 0.381 e. The van der Waals surface area contributed by atoms with E-state index in [2.05, 4.69) is 31.9 Å². The average Bonchev–Trinajstić information content (AvgIpc) is 2.84. The summed E-state index contributed by atoms with van der Waals surface area (Å²) in [7, 11) is 0. The third-order valence-electron chi connectivity index (χ3n) is 3.92. The van der Waals surface area contributed by atoms with Gasteiger partial charge in [-0.15, -0.1) is 0 Å². The molecule has 0 atom stereocenters. The van der Waals surface area contributed by atoms with Gasteiger partial charge in [0, 0.05) is 36.3 Å². The number of aromatic nitrogens is 3. The second kappa shape index (κ2) is 4.93. The molecule has 0 aromatic carbocycles. The van der Waals surface area contributed by atoms with Crippen molar-refractivity contribution in [2.75, 3.05) is 13.2 Å². The number of pyridine rings is 1. The molecule has 0 unspecified atom stereocenters.